The molecule has 6 nitrogen and oxygen atoms in total. The maximum Gasteiger partial charge on any atom is 0.257 e. The normalized spacial score (nSPS) is 10.1. The summed E-state index contributed by atoms with van der Waals surface area (Å²) in [6.07, 6.45) is 4.44. The topological polar surface area (TPSA) is 79.9 Å². The van der Waals surface area contributed by atoms with Crippen molar-refractivity contribution in [3.05, 3.63) is 78.1 Å². The average Bonchev–Trinajstić information content (AvgIpc) is 3.16. The van der Waals surface area contributed by atoms with Crippen molar-refractivity contribution in [2.24, 2.45) is 0 Å². The molecule has 0 radical (unpaired) electrons. The third-order valence-corrected chi connectivity index (χ3v) is 3.75. The van der Waals surface area contributed by atoms with Gasteiger partial charge in [-0.1, -0.05) is 18.2 Å². The monoisotopic (exact) mass is 346 g/mol. The van der Waals surface area contributed by atoms with Crippen molar-refractivity contribution < 1.29 is 9.53 Å². The number of nitrogens with one attached hydrogen (secondary N) is 1. The van der Waals surface area contributed by atoms with Crippen LogP contribution in [0.2, 0.25) is 0 Å². The fraction of sp³-hybridized carbons (Fsp3) is 0.150. The molecule has 130 valence electrons. The van der Waals surface area contributed by atoms with Gasteiger partial charge in [-0.15, -0.1) is 0 Å². The van der Waals surface area contributed by atoms with Crippen LogP contribution in [0.1, 0.15) is 11.1 Å². The highest BCUT2D eigenvalue weighted by Crippen LogP contribution is 2.11. The van der Waals surface area contributed by atoms with E-state index in [9.17, 15) is 4.79 Å². The first-order valence-electron chi connectivity index (χ1n) is 8.23. The summed E-state index contributed by atoms with van der Waals surface area (Å²) in [6, 6.07) is 18.5. The molecule has 0 aliphatic heterocycles. The maximum atomic E-state index is 11.8. The van der Waals surface area contributed by atoms with Gasteiger partial charge in [-0.2, -0.15) is 10.4 Å². The quantitative estimate of drug-likeness (QED) is 0.713. The van der Waals surface area contributed by atoms with Gasteiger partial charge < -0.3 is 10.1 Å². The Labute approximate surface area is 151 Å². The number of rotatable bonds is 7. The molecule has 1 N–H and O–H groups in total. The zero-order valence-electron chi connectivity index (χ0n) is 14.1. The molecule has 1 amide bonds. The number of ether oxygens (including phenoxy) is 1. The van der Waals surface area contributed by atoms with Crippen molar-refractivity contribution in [3.63, 3.8) is 0 Å². The zero-order chi connectivity index (χ0) is 18.2. The highest BCUT2D eigenvalue weighted by Gasteiger charge is 2.04. The second-order valence-electron chi connectivity index (χ2n) is 5.65. The first kappa shape index (κ1) is 17.2. The number of carbonyl (C=O) groups excluding carboxylic acids is 1. The summed E-state index contributed by atoms with van der Waals surface area (Å²) >= 11 is 0. The largest absolute Gasteiger partial charge is 0.484 e. The Hall–Kier alpha value is -3.59. The minimum absolute atomic E-state index is 0.0603. The van der Waals surface area contributed by atoms with Gasteiger partial charge in [0.25, 0.3) is 5.91 Å². The summed E-state index contributed by atoms with van der Waals surface area (Å²) in [5, 5.41) is 15.9. The van der Waals surface area contributed by atoms with Crippen LogP contribution in [-0.4, -0.2) is 28.8 Å². The lowest BCUT2D eigenvalue weighted by Crippen LogP contribution is -2.30. The predicted molar refractivity (Wildman–Crippen MR) is 96.9 cm³/mol. The number of para-hydroxylation sites is 1. The van der Waals surface area contributed by atoms with Crippen LogP contribution in [0.15, 0.2) is 67.0 Å². The minimum Gasteiger partial charge on any atom is -0.484 e. The van der Waals surface area contributed by atoms with E-state index >= 15 is 0 Å². The summed E-state index contributed by atoms with van der Waals surface area (Å²) in [4.78, 5) is 11.8. The molecule has 26 heavy (non-hydrogen) atoms. The number of aromatic nitrogens is 2. The molecule has 0 fully saturated rings. The summed E-state index contributed by atoms with van der Waals surface area (Å²) < 4.78 is 7.20. The van der Waals surface area contributed by atoms with Crippen LogP contribution in [0.3, 0.4) is 0 Å². The molecule has 3 rings (SSSR count). The summed E-state index contributed by atoms with van der Waals surface area (Å²) in [5.74, 6) is 0.369. The van der Waals surface area contributed by atoms with E-state index in [1.807, 2.05) is 47.3 Å². The summed E-state index contributed by atoms with van der Waals surface area (Å²) in [6.45, 7) is 0.450. The molecule has 0 unspecified atom stereocenters. The van der Waals surface area contributed by atoms with E-state index in [1.54, 1.807) is 30.5 Å². The van der Waals surface area contributed by atoms with Crippen LogP contribution >= 0.6 is 0 Å². The maximum absolute atomic E-state index is 11.8. The lowest BCUT2D eigenvalue weighted by atomic mass is 10.2. The first-order chi connectivity index (χ1) is 12.7. The van der Waals surface area contributed by atoms with E-state index in [2.05, 4.69) is 10.4 Å². The Morgan fingerprint density at radius 3 is 2.65 bits per heavy atom. The van der Waals surface area contributed by atoms with E-state index < -0.39 is 0 Å². The van der Waals surface area contributed by atoms with Crippen molar-refractivity contribution in [2.75, 3.05) is 13.2 Å². The molecular formula is C20H18N4O2. The van der Waals surface area contributed by atoms with Crippen LogP contribution < -0.4 is 10.1 Å². The summed E-state index contributed by atoms with van der Waals surface area (Å²) in [5.41, 5.74) is 2.60. The molecule has 1 heterocycles. The van der Waals surface area contributed by atoms with Gasteiger partial charge in [0.15, 0.2) is 6.61 Å². The van der Waals surface area contributed by atoms with Crippen LogP contribution in [0.5, 0.6) is 5.75 Å². The van der Waals surface area contributed by atoms with Gasteiger partial charge in [-0.3, -0.25) is 4.79 Å². The van der Waals surface area contributed by atoms with E-state index in [1.165, 1.54) is 0 Å². The third kappa shape index (κ3) is 4.71. The number of hydrogen-bond donors (Lipinski definition) is 1. The molecule has 1 aromatic heterocycles. The molecule has 0 atom stereocenters. The molecule has 3 aromatic rings. The zero-order valence-corrected chi connectivity index (χ0v) is 14.1. The van der Waals surface area contributed by atoms with E-state index in [0.29, 0.717) is 24.3 Å². The Morgan fingerprint density at radius 1 is 1.15 bits per heavy atom. The van der Waals surface area contributed by atoms with Crippen molar-refractivity contribution in [1.29, 1.82) is 5.26 Å². The fourth-order valence-corrected chi connectivity index (χ4v) is 2.38. The lowest BCUT2D eigenvalue weighted by molar-refractivity contribution is -0.123. The lowest BCUT2D eigenvalue weighted by Gasteiger charge is -2.07. The molecule has 0 aliphatic rings. The first-order valence-corrected chi connectivity index (χ1v) is 8.23. The van der Waals surface area contributed by atoms with E-state index in [0.717, 1.165) is 11.3 Å². The Bertz CT molecular complexity index is 896. The summed E-state index contributed by atoms with van der Waals surface area (Å²) in [7, 11) is 0. The van der Waals surface area contributed by atoms with Crippen LogP contribution in [0.25, 0.3) is 5.69 Å². The van der Waals surface area contributed by atoms with Gasteiger partial charge in [0.1, 0.15) is 5.75 Å². The molecular weight excluding hydrogens is 328 g/mol. The van der Waals surface area contributed by atoms with Gasteiger partial charge in [-0.25, -0.2) is 4.68 Å². The smallest absolute Gasteiger partial charge is 0.257 e. The highest BCUT2D eigenvalue weighted by molar-refractivity contribution is 5.77. The molecule has 0 aliphatic carbocycles. The molecule has 6 heteroatoms. The number of amides is 1. The number of carbonyl (C=O) groups is 1. The van der Waals surface area contributed by atoms with Crippen LogP contribution in [0, 0.1) is 11.3 Å². The van der Waals surface area contributed by atoms with Gasteiger partial charge in [0.2, 0.25) is 0 Å². The molecule has 0 saturated carbocycles. The molecule has 0 bridgehead atoms. The SMILES string of the molecule is N#Cc1ccc(OCC(=O)NCCc2cnn(-c3ccccc3)c2)cc1. The third-order valence-electron chi connectivity index (χ3n) is 3.75. The van der Waals surface area contributed by atoms with Crippen molar-refractivity contribution in [3.8, 4) is 17.5 Å². The molecule has 0 saturated heterocycles. The van der Waals surface area contributed by atoms with Crippen molar-refractivity contribution in [1.82, 2.24) is 15.1 Å². The number of hydrogen-bond acceptors (Lipinski definition) is 4. The van der Waals surface area contributed by atoms with Gasteiger partial charge in [0, 0.05) is 12.7 Å². The molecule has 0 spiro atoms. The number of nitriles is 1. The van der Waals surface area contributed by atoms with Gasteiger partial charge in [-0.05, 0) is 48.4 Å². The second kappa shape index (κ2) is 8.49. The molecule has 2 aromatic carbocycles. The minimum atomic E-state index is -0.190. The van der Waals surface area contributed by atoms with Crippen LogP contribution in [0.4, 0.5) is 0 Å². The van der Waals surface area contributed by atoms with Gasteiger partial charge >= 0.3 is 0 Å². The Balaban J connectivity index is 1.41. The van der Waals surface area contributed by atoms with Crippen molar-refractivity contribution >= 4 is 5.91 Å². The van der Waals surface area contributed by atoms with Crippen molar-refractivity contribution in [2.45, 2.75) is 6.42 Å². The van der Waals surface area contributed by atoms with Crippen LogP contribution in [-0.2, 0) is 11.2 Å². The Morgan fingerprint density at radius 2 is 1.92 bits per heavy atom. The average molecular weight is 346 g/mol. The van der Waals surface area contributed by atoms with E-state index in [4.69, 9.17) is 10.00 Å². The fourth-order valence-electron chi connectivity index (χ4n) is 2.38. The van der Waals surface area contributed by atoms with E-state index in [-0.39, 0.29) is 12.5 Å². The number of nitrogens with zero attached hydrogens (tertiary/aromatic N) is 3. The van der Waals surface area contributed by atoms with Gasteiger partial charge in [0.05, 0.1) is 23.5 Å². The predicted octanol–water partition coefficient (Wildman–Crippen LogP) is 2.48. The Kier molecular flexibility index (Phi) is 5.63. The highest BCUT2D eigenvalue weighted by atomic mass is 16.5. The second-order valence-corrected chi connectivity index (χ2v) is 5.65. The number of benzene rings is 2. The standard InChI is InChI=1S/C20H18N4O2/c21-12-16-6-8-19(9-7-16)26-15-20(25)22-11-10-17-13-23-24(14-17)18-4-2-1-3-5-18/h1-9,13-14H,10-11,15H2,(H,22,25).